The molecule has 0 aliphatic carbocycles. The molecule has 0 unspecified atom stereocenters. The van der Waals surface area contributed by atoms with Gasteiger partial charge in [-0.15, -0.1) is 10.2 Å². The molecule has 0 aliphatic rings. The summed E-state index contributed by atoms with van der Waals surface area (Å²) in [5.74, 6) is 0.397. The zero-order chi connectivity index (χ0) is 24.9. The van der Waals surface area contributed by atoms with E-state index in [1.165, 1.54) is 4.80 Å². The third kappa shape index (κ3) is 5.40. The molecule has 1 atom stereocenters. The maximum Gasteiger partial charge on any atom is 0.238 e. The van der Waals surface area contributed by atoms with Gasteiger partial charge in [0.2, 0.25) is 11.7 Å². The highest BCUT2D eigenvalue weighted by Gasteiger charge is 2.17. The summed E-state index contributed by atoms with van der Waals surface area (Å²) < 4.78 is 0. The molecule has 4 rings (SSSR count). The fourth-order valence-electron chi connectivity index (χ4n) is 3.54. The van der Waals surface area contributed by atoms with Crippen molar-refractivity contribution in [2.45, 2.75) is 19.4 Å². The van der Waals surface area contributed by atoms with Crippen LogP contribution in [0.25, 0.3) is 22.5 Å². The van der Waals surface area contributed by atoms with Gasteiger partial charge in [0.1, 0.15) is 12.1 Å². The average Bonchev–Trinajstić information content (AvgIpc) is 3.27. The summed E-state index contributed by atoms with van der Waals surface area (Å²) in [4.78, 5) is 17.6. The Morgan fingerprint density at radius 2 is 1.91 bits per heavy atom. The van der Waals surface area contributed by atoms with Crippen LogP contribution >= 0.6 is 23.2 Å². The first-order valence-corrected chi connectivity index (χ1v) is 11.3. The number of halogens is 2. The Hall–Kier alpha value is -4.00. The largest absolute Gasteiger partial charge is 0.362 e. The second-order valence-electron chi connectivity index (χ2n) is 7.65. The molecule has 11 heteroatoms. The van der Waals surface area contributed by atoms with Gasteiger partial charge >= 0.3 is 0 Å². The van der Waals surface area contributed by atoms with Crippen molar-refractivity contribution in [3.8, 4) is 28.6 Å². The molecule has 0 radical (unpaired) electrons. The second kappa shape index (κ2) is 10.5. The molecule has 0 saturated heterocycles. The Morgan fingerprint density at radius 3 is 2.60 bits per heavy atom. The molecule has 2 heterocycles. The van der Waals surface area contributed by atoms with Gasteiger partial charge in [-0.3, -0.25) is 4.79 Å². The lowest BCUT2D eigenvalue weighted by Gasteiger charge is -2.19. The van der Waals surface area contributed by atoms with Crippen molar-refractivity contribution in [1.82, 2.24) is 25.2 Å². The first kappa shape index (κ1) is 24.1. The third-order valence-corrected chi connectivity index (χ3v) is 5.85. The molecule has 0 fully saturated rings. The van der Waals surface area contributed by atoms with Gasteiger partial charge in [-0.25, -0.2) is 4.98 Å². The lowest BCUT2D eigenvalue weighted by molar-refractivity contribution is -0.115. The van der Waals surface area contributed by atoms with Crippen LogP contribution < -0.4 is 10.6 Å². The average molecular weight is 507 g/mol. The summed E-state index contributed by atoms with van der Waals surface area (Å²) >= 11 is 12.8. The maximum atomic E-state index is 11.9. The van der Waals surface area contributed by atoms with E-state index in [1.807, 2.05) is 49.4 Å². The maximum absolute atomic E-state index is 11.9. The van der Waals surface area contributed by atoms with E-state index < -0.39 is 5.91 Å². The molecule has 176 valence electrons. The lowest BCUT2D eigenvalue weighted by Crippen LogP contribution is -2.15. The van der Waals surface area contributed by atoms with E-state index in [-0.39, 0.29) is 12.5 Å². The third-order valence-electron chi connectivity index (χ3n) is 5.22. The van der Waals surface area contributed by atoms with Gasteiger partial charge in [0, 0.05) is 11.8 Å². The fraction of sp³-hybridized carbons (Fsp3) is 0.167. The van der Waals surface area contributed by atoms with Crippen LogP contribution in [0.5, 0.6) is 0 Å². The van der Waals surface area contributed by atoms with Crippen LogP contribution in [-0.2, 0) is 11.8 Å². The lowest BCUT2D eigenvalue weighted by atomic mass is 9.97. The Balaban J connectivity index is 1.59. The number of tetrazole rings is 1. The minimum atomic E-state index is -0.461. The van der Waals surface area contributed by atoms with Crippen molar-refractivity contribution in [2.24, 2.45) is 7.05 Å². The summed E-state index contributed by atoms with van der Waals surface area (Å²) in [7, 11) is 1.70. The highest BCUT2D eigenvalue weighted by Crippen LogP contribution is 2.36. The predicted molar refractivity (Wildman–Crippen MR) is 135 cm³/mol. The van der Waals surface area contributed by atoms with Crippen molar-refractivity contribution in [2.75, 3.05) is 10.6 Å². The van der Waals surface area contributed by atoms with Gasteiger partial charge < -0.3 is 10.6 Å². The number of nitriles is 1. The minimum absolute atomic E-state index is 0.165. The monoisotopic (exact) mass is 506 g/mol. The van der Waals surface area contributed by atoms with Crippen LogP contribution in [0.4, 0.5) is 11.5 Å². The van der Waals surface area contributed by atoms with Crippen molar-refractivity contribution in [3.63, 3.8) is 0 Å². The highest BCUT2D eigenvalue weighted by molar-refractivity contribution is 6.34. The standard InChI is InChI=1S/C24H20Cl2N8O/c1-14(29-24-22(19(26)11-13-28-24)30-20(35)10-12-27)15-6-8-16(9-7-15)17-4-3-5-18(25)21(17)23-31-33-34(2)32-23/h3-9,11,13-14H,10H2,1-2H3,(H,28,29)(H,30,35)/t14-/m1/s1. The van der Waals surface area contributed by atoms with Gasteiger partial charge in [-0.05, 0) is 41.0 Å². The molecule has 1 amide bonds. The number of anilines is 2. The summed E-state index contributed by atoms with van der Waals surface area (Å²) in [6, 6.07) is 16.8. The number of pyridine rings is 1. The topological polar surface area (TPSA) is 121 Å². The Labute approximate surface area is 211 Å². The van der Waals surface area contributed by atoms with Crippen molar-refractivity contribution < 1.29 is 4.79 Å². The molecular weight excluding hydrogens is 487 g/mol. The Morgan fingerprint density at radius 1 is 1.14 bits per heavy atom. The number of aryl methyl sites for hydroxylation is 1. The number of nitrogens with one attached hydrogen (secondary N) is 2. The number of aromatic nitrogens is 5. The molecule has 2 aromatic heterocycles. The van der Waals surface area contributed by atoms with Gasteiger partial charge in [0.25, 0.3) is 0 Å². The zero-order valence-electron chi connectivity index (χ0n) is 18.8. The first-order chi connectivity index (χ1) is 16.9. The molecule has 35 heavy (non-hydrogen) atoms. The molecule has 4 aromatic rings. The molecule has 9 nitrogen and oxygen atoms in total. The number of hydrogen-bond donors (Lipinski definition) is 2. The van der Waals surface area contributed by atoms with E-state index in [9.17, 15) is 4.79 Å². The van der Waals surface area contributed by atoms with Gasteiger partial charge in [0.05, 0.1) is 29.2 Å². The summed E-state index contributed by atoms with van der Waals surface area (Å²) in [5, 5.41) is 27.9. The van der Waals surface area contributed by atoms with E-state index in [2.05, 4.69) is 31.0 Å². The van der Waals surface area contributed by atoms with E-state index in [4.69, 9.17) is 28.5 Å². The minimum Gasteiger partial charge on any atom is -0.362 e. The summed E-state index contributed by atoms with van der Waals surface area (Å²) in [6.07, 6.45) is 1.26. The van der Waals surface area contributed by atoms with E-state index >= 15 is 0 Å². The van der Waals surface area contributed by atoms with Crippen LogP contribution in [0.15, 0.2) is 54.7 Å². The van der Waals surface area contributed by atoms with Crippen LogP contribution in [-0.4, -0.2) is 31.1 Å². The van der Waals surface area contributed by atoms with Crippen molar-refractivity contribution in [1.29, 1.82) is 5.26 Å². The number of carbonyl (C=O) groups excluding carboxylic acids is 1. The first-order valence-electron chi connectivity index (χ1n) is 10.6. The zero-order valence-corrected chi connectivity index (χ0v) is 20.3. The smallest absolute Gasteiger partial charge is 0.238 e. The summed E-state index contributed by atoms with van der Waals surface area (Å²) in [6.45, 7) is 1.97. The second-order valence-corrected chi connectivity index (χ2v) is 8.47. The van der Waals surface area contributed by atoms with Crippen LogP contribution in [0.1, 0.15) is 24.9 Å². The number of hydrogen-bond acceptors (Lipinski definition) is 7. The molecule has 0 aliphatic heterocycles. The number of benzene rings is 2. The Kier molecular flexibility index (Phi) is 7.25. The van der Waals surface area contributed by atoms with Gasteiger partial charge in [-0.1, -0.05) is 59.6 Å². The van der Waals surface area contributed by atoms with E-state index in [0.29, 0.717) is 32.9 Å². The van der Waals surface area contributed by atoms with Crippen molar-refractivity contribution >= 4 is 40.6 Å². The van der Waals surface area contributed by atoms with Gasteiger partial charge in [-0.2, -0.15) is 10.1 Å². The van der Waals surface area contributed by atoms with Crippen molar-refractivity contribution in [3.05, 3.63) is 70.3 Å². The quantitative estimate of drug-likeness (QED) is 0.350. The number of amides is 1. The molecule has 0 saturated carbocycles. The van der Waals surface area contributed by atoms with E-state index in [1.54, 1.807) is 25.4 Å². The Bertz CT molecular complexity index is 1410. The number of carbonyl (C=O) groups is 1. The number of nitrogens with zero attached hydrogens (tertiary/aromatic N) is 6. The molecular formula is C24H20Cl2N8O. The van der Waals surface area contributed by atoms with Crippen LogP contribution in [0.3, 0.4) is 0 Å². The number of rotatable bonds is 7. The van der Waals surface area contributed by atoms with Crippen LogP contribution in [0.2, 0.25) is 10.0 Å². The molecule has 2 N–H and O–H groups in total. The van der Waals surface area contributed by atoms with E-state index in [0.717, 1.165) is 16.7 Å². The normalized spacial score (nSPS) is 11.5. The molecule has 0 bridgehead atoms. The summed E-state index contributed by atoms with van der Waals surface area (Å²) in [5.41, 5.74) is 3.85. The van der Waals surface area contributed by atoms with Crippen LogP contribution in [0, 0.1) is 11.3 Å². The predicted octanol–water partition coefficient (Wildman–Crippen LogP) is 5.27. The van der Waals surface area contributed by atoms with Gasteiger partial charge in [0.15, 0.2) is 5.82 Å². The highest BCUT2D eigenvalue weighted by atomic mass is 35.5. The fourth-order valence-corrected chi connectivity index (χ4v) is 3.99. The molecule has 2 aromatic carbocycles. The SMILES string of the molecule is C[C@@H](Nc1nccc(Cl)c1NC(=O)CC#N)c1ccc(-c2cccc(Cl)c2-c2nnn(C)n2)cc1. The molecule has 0 spiro atoms.